The average molecular weight is 331 g/mol. The Labute approximate surface area is 142 Å². The number of benzene rings is 1. The van der Waals surface area contributed by atoms with E-state index in [0.717, 1.165) is 41.7 Å². The number of nitrogens with one attached hydrogen (secondary N) is 1. The Kier molecular flexibility index (Phi) is 4.71. The van der Waals surface area contributed by atoms with E-state index in [-0.39, 0.29) is 0 Å². The Morgan fingerprint density at radius 3 is 2.87 bits per heavy atom. The molecule has 1 aliphatic rings. The first-order chi connectivity index (χ1) is 11.0. The lowest BCUT2D eigenvalue weighted by Crippen LogP contribution is -2.35. The molecule has 1 atom stereocenters. The van der Waals surface area contributed by atoms with Gasteiger partial charge in [0.25, 0.3) is 0 Å². The van der Waals surface area contributed by atoms with E-state index in [2.05, 4.69) is 40.1 Å². The maximum atomic E-state index is 6.38. The summed E-state index contributed by atoms with van der Waals surface area (Å²) in [5, 5.41) is 4.07. The summed E-state index contributed by atoms with van der Waals surface area (Å²) in [5.74, 6) is 2.27. The van der Waals surface area contributed by atoms with Gasteiger partial charge in [-0.1, -0.05) is 24.6 Å². The molecule has 0 spiro atoms. The second-order valence-corrected chi connectivity index (χ2v) is 6.91. The van der Waals surface area contributed by atoms with Crippen molar-refractivity contribution in [3.05, 3.63) is 40.5 Å². The molecule has 122 valence electrons. The number of aryl methyl sites for hydroxylation is 2. The van der Waals surface area contributed by atoms with Crippen LogP contribution in [0.5, 0.6) is 0 Å². The molecule has 2 heterocycles. The first-order valence-electron chi connectivity index (χ1n) is 8.14. The maximum Gasteiger partial charge on any atom is 0.227 e. The fraction of sp³-hybridized carbons (Fsp3) is 0.444. The molecule has 23 heavy (non-hydrogen) atoms. The summed E-state index contributed by atoms with van der Waals surface area (Å²) in [4.78, 5) is 11.4. The van der Waals surface area contributed by atoms with Crippen LogP contribution in [0, 0.1) is 19.8 Å². The van der Waals surface area contributed by atoms with Gasteiger partial charge in [0.1, 0.15) is 5.82 Å². The highest BCUT2D eigenvalue weighted by Gasteiger charge is 2.19. The van der Waals surface area contributed by atoms with Gasteiger partial charge in [0.05, 0.1) is 10.7 Å². The van der Waals surface area contributed by atoms with Crippen molar-refractivity contribution >= 4 is 29.1 Å². The predicted molar refractivity (Wildman–Crippen MR) is 96.9 cm³/mol. The number of piperidine rings is 1. The van der Waals surface area contributed by atoms with Crippen LogP contribution in [0.2, 0.25) is 5.02 Å². The highest BCUT2D eigenvalue weighted by molar-refractivity contribution is 6.33. The maximum absolute atomic E-state index is 6.38. The van der Waals surface area contributed by atoms with E-state index in [9.17, 15) is 0 Å². The number of hydrogen-bond acceptors (Lipinski definition) is 4. The van der Waals surface area contributed by atoms with E-state index in [1.54, 1.807) is 6.20 Å². The lowest BCUT2D eigenvalue weighted by Gasteiger charge is -2.31. The van der Waals surface area contributed by atoms with E-state index < -0.39 is 0 Å². The molecule has 0 aliphatic carbocycles. The zero-order valence-corrected chi connectivity index (χ0v) is 14.7. The average Bonchev–Trinajstić information content (AvgIpc) is 2.51. The van der Waals surface area contributed by atoms with Crippen molar-refractivity contribution < 1.29 is 0 Å². The first-order valence-corrected chi connectivity index (χ1v) is 8.52. The molecule has 3 rings (SSSR count). The van der Waals surface area contributed by atoms with E-state index in [1.165, 1.54) is 12.8 Å². The lowest BCUT2D eigenvalue weighted by molar-refractivity contribution is 0.442. The summed E-state index contributed by atoms with van der Waals surface area (Å²) in [6.45, 7) is 8.42. The number of hydrogen-bond donors (Lipinski definition) is 1. The highest BCUT2D eigenvalue weighted by atomic mass is 35.5. The van der Waals surface area contributed by atoms with Crippen molar-refractivity contribution in [2.75, 3.05) is 23.3 Å². The minimum absolute atomic E-state index is 0.692. The van der Waals surface area contributed by atoms with E-state index in [4.69, 9.17) is 11.6 Å². The van der Waals surface area contributed by atoms with Gasteiger partial charge < -0.3 is 10.2 Å². The number of rotatable bonds is 3. The third kappa shape index (κ3) is 3.75. The van der Waals surface area contributed by atoms with Crippen molar-refractivity contribution in [2.24, 2.45) is 5.92 Å². The number of anilines is 3. The molecule has 2 aromatic rings. The molecule has 0 amide bonds. The number of halogens is 1. The number of aromatic nitrogens is 2. The summed E-state index contributed by atoms with van der Waals surface area (Å²) in [6, 6.07) is 5.96. The van der Waals surface area contributed by atoms with Crippen molar-refractivity contribution in [3.63, 3.8) is 0 Å². The molecule has 1 aromatic heterocycles. The Balaban J connectivity index is 1.83. The zero-order chi connectivity index (χ0) is 16.4. The molecule has 0 radical (unpaired) electrons. The fourth-order valence-corrected chi connectivity index (χ4v) is 3.51. The molecular formula is C18H23ClN4. The van der Waals surface area contributed by atoms with Gasteiger partial charge in [0.15, 0.2) is 0 Å². The Bertz CT molecular complexity index is 678. The van der Waals surface area contributed by atoms with Gasteiger partial charge in [-0.25, -0.2) is 4.98 Å². The van der Waals surface area contributed by atoms with Crippen molar-refractivity contribution in [1.29, 1.82) is 0 Å². The molecular weight excluding hydrogens is 308 g/mol. The second-order valence-electron chi connectivity index (χ2n) is 6.50. The van der Waals surface area contributed by atoms with Crippen LogP contribution >= 0.6 is 11.6 Å². The Hall–Kier alpha value is -1.81. The molecule has 0 bridgehead atoms. The van der Waals surface area contributed by atoms with Crippen LogP contribution in [0.3, 0.4) is 0 Å². The molecule has 1 aromatic carbocycles. The second kappa shape index (κ2) is 6.75. The monoisotopic (exact) mass is 330 g/mol. The van der Waals surface area contributed by atoms with Crippen LogP contribution in [0.4, 0.5) is 17.5 Å². The fourth-order valence-electron chi connectivity index (χ4n) is 3.14. The molecule has 1 fully saturated rings. The molecule has 1 aliphatic heterocycles. The Morgan fingerprint density at radius 1 is 1.30 bits per heavy atom. The van der Waals surface area contributed by atoms with Crippen LogP contribution in [0.15, 0.2) is 24.4 Å². The standard InChI is InChI=1S/C18H23ClN4/c1-12-5-4-8-23(11-12)18-20-7-6-16(22-18)21-17-14(3)9-13(2)10-15(17)19/h6-7,9-10,12H,4-5,8,11H2,1-3H3,(H,20,21,22). The summed E-state index contributed by atoms with van der Waals surface area (Å²) in [7, 11) is 0. The van der Waals surface area contributed by atoms with Crippen LogP contribution in [0.1, 0.15) is 30.9 Å². The van der Waals surface area contributed by atoms with E-state index in [0.29, 0.717) is 10.9 Å². The Morgan fingerprint density at radius 2 is 2.13 bits per heavy atom. The third-order valence-electron chi connectivity index (χ3n) is 4.27. The van der Waals surface area contributed by atoms with Crippen LogP contribution in [0.25, 0.3) is 0 Å². The van der Waals surface area contributed by atoms with Gasteiger partial charge in [-0.05, 0) is 55.9 Å². The van der Waals surface area contributed by atoms with Crippen molar-refractivity contribution in [3.8, 4) is 0 Å². The van der Waals surface area contributed by atoms with Gasteiger partial charge >= 0.3 is 0 Å². The first kappa shape index (κ1) is 16.1. The van der Waals surface area contributed by atoms with Gasteiger partial charge in [0, 0.05) is 19.3 Å². The van der Waals surface area contributed by atoms with Crippen molar-refractivity contribution in [1.82, 2.24) is 9.97 Å². The molecule has 1 N–H and O–H groups in total. The summed E-state index contributed by atoms with van der Waals surface area (Å²) >= 11 is 6.38. The van der Waals surface area contributed by atoms with Gasteiger partial charge in [-0.3, -0.25) is 0 Å². The van der Waals surface area contributed by atoms with Crippen LogP contribution in [-0.4, -0.2) is 23.1 Å². The lowest BCUT2D eigenvalue weighted by atomic mass is 10.0. The predicted octanol–water partition coefficient (Wildman–Crippen LogP) is 4.73. The summed E-state index contributed by atoms with van der Waals surface area (Å²) in [5.41, 5.74) is 3.18. The molecule has 5 heteroatoms. The van der Waals surface area contributed by atoms with Gasteiger partial charge in [0.2, 0.25) is 5.95 Å². The largest absolute Gasteiger partial charge is 0.341 e. The topological polar surface area (TPSA) is 41.1 Å². The van der Waals surface area contributed by atoms with E-state index in [1.807, 2.05) is 19.1 Å². The summed E-state index contributed by atoms with van der Waals surface area (Å²) in [6.07, 6.45) is 4.29. The quantitative estimate of drug-likeness (QED) is 0.883. The molecule has 1 unspecified atom stereocenters. The number of nitrogens with zero attached hydrogens (tertiary/aromatic N) is 3. The smallest absolute Gasteiger partial charge is 0.227 e. The minimum atomic E-state index is 0.692. The summed E-state index contributed by atoms with van der Waals surface area (Å²) < 4.78 is 0. The van der Waals surface area contributed by atoms with Gasteiger partial charge in [-0.2, -0.15) is 4.98 Å². The minimum Gasteiger partial charge on any atom is -0.341 e. The molecule has 0 saturated carbocycles. The van der Waals surface area contributed by atoms with E-state index >= 15 is 0 Å². The van der Waals surface area contributed by atoms with Crippen molar-refractivity contribution in [2.45, 2.75) is 33.6 Å². The normalized spacial score (nSPS) is 18.1. The highest BCUT2D eigenvalue weighted by Crippen LogP contribution is 2.30. The third-order valence-corrected chi connectivity index (χ3v) is 4.57. The van der Waals surface area contributed by atoms with Crippen LogP contribution < -0.4 is 10.2 Å². The zero-order valence-electron chi connectivity index (χ0n) is 13.9. The van der Waals surface area contributed by atoms with Crippen LogP contribution in [-0.2, 0) is 0 Å². The molecule has 1 saturated heterocycles. The molecule has 4 nitrogen and oxygen atoms in total. The SMILES string of the molecule is Cc1cc(C)c(Nc2ccnc(N3CCCC(C)C3)n2)c(Cl)c1. The van der Waals surface area contributed by atoms with Gasteiger partial charge in [-0.15, -0.1) is 0 Å².